The number of nitrogens with two attached hydrogens (primary N) is 1. The molecule has 0 radical (unpaired) electrons. The van der Waals surface area contributed by atoms with Gasteiger partial charge in [0.25, 0.3) is 0 Å². The predicted octanol–water partition coefficient (Wildman–Crippen LogP) is 0.130. The molecule has 2 aromatic rings. The van der Waals surface area contributed by atoms with E-state index in [0.717, 1.165) is 16.5 Å². The van der Waals surface area contributed by atoms with Crippen LogP contribution in [0, 0.1) is 5.92 Å². The predicted molar refractivity (Wildman–Crippen MR) is 108 cm³/mol. The number of hydrogen-bond donors (Lipinski definition) is 6. The average Bonchev–Trinajstić information content (AvgIpc) is 3.12. The number of carbonyl (C=O) groups is 3. The first kappa shape index (κ1) is 22.4. The Hall–Kier alpha value is -2.91. The van der Waals surface area contributed by atoms with Crippen LogP contribution < -0.4 is 16.4 Å². The van der Waals surface area contributed by atoms with Gasteiger partial charge in [-0.05, 0) is 17.5 Å². The highest BCUT2D eigenvalue weighted by atomic mass is 16.4. The Morgan fingerprint density at radius 3 is 2.41 bits per heavy atom. The number of nitrogens with one attached hydrogen (secondary N) is 3. The molecule has 0 fully saturated rings. The summed E-state index contributed by atoms with van der Waals surface area (Å²) in [5.41, 5.74) is 7.44. The number of rotatable bonds is 10. The SMILES string of the molecule is CCC(C)C(N)C(=O)NC(CO)C(=O)NC(Cc1c[nH]c2ccccc12)C(=O)O. The van der Waals surface area contributed by atoms with Gasteiger partial charge in [0, 0.05) is 23.5 Å². The number of benzene rings is 1. The van der Waals surface area contributed by atoms with Gasteiger partial charge in [0.15, 0.2) is 0 Å². The molecule has 1 aromatic heterocycles. The minimum Gasteiger partial charge on any atom is -0.480 e. The molecular formula is C20H28N4O5. The summed E-state index contributed by atoms with van der Waals surface area (Å²) in [5.74, 6) is -2.68. The van der Waals surface area contributed by atoms with Crippen LogP contribution in [-0.2, 0) is 20.8 Å². The van der Waals surface area contributed by atoms with E-state index in [1.807, 2.05) is 31.2 Å². The number of aliphatic carboxylic acids is 1. The number of aliphatic hydroxyl groups excluding tert-OH is 1. The molecule has 0 spiro atoms. The van der Waals surface area contributed by atoms with E-state index in [1.165, 1.54) is 0 Å². The molecule has 9 heteroatoms. The van der Waals surface area contributed by atoms with Crippen molar-refractivity contribution in [2.75, 3.05) is 6.61 Å². The van der Waals surface area contributed by atoms with Gasteiger partial charge in [-0.3, -0.25) is 9.59 Å². The van der Waals surface area contributed by atoms with Crippen LogP contribution in [0.1, 0.15) is 25.8 Å². The fourth-order valence-electron chi connectivity index (χ4n) is 2.97. The number of aliphatic hydroxyl groups is 1. The number of aromatic nitrogens is 1. The monoisotopic (exact) mass is 404 g/mol. The Morgan fingerprint density at radius 1 is 1.14 bits per heavy atom. The summed E-state index contributed by atoms with van der Waals surface area (Å²) in [6.07, 6.45) is 2.42. The van der Waals surface area contributed by atoms with E-state index in [0.29, 0.717) is 6.42 Å². The van der Waals surface area contributed by atoms with Crippen molar-refractivity contribution in [2.24, 2.45) is 11.7 Å². The quantitative estimate of drug-likeness (QED) is 0.330. The highest BCUT2D eigenvalue weighted by molar-refractivity contribution is 5.92. The van der Waals surface area contributed by atoms with Crippen molar-refractivity contribution in [1.29, 1.82) is 0 Å². The number of fused-ring (bicyclic) bond motifs is 1. The molecule has 158 valence electrons. The number of carboxylic acids is 1. The van der Waals surface area contributed by atoms with Gasteiger partial charge in [-0.2, -0.15) is 0 Å². The lowest BCUT2D eigenvalue weighted by Gasteiger charge is -2.23. The van der Waals surface area contributed by atoms with Crippen LogP contribution in [0.15, 0.2) is 30.5 Å². The molecule has 0 aliphatic carbocycles. The molecule has 0 saturated carbocycles. The zero-order valence-corrected chi connectivity index (χ0v) is 16.5. The van der Waals surface area contributed by atoms with Crippen LogP contribution >= 0.6 is 0 Å². The first-order valence-corrected chi connectivity index (χ1v) is 9.53. The largest absolute Gasteiger partial charge is 0.480 e. The second-order valence-electron chi connectivity index (χ2n) is 7.12. The lowest BCUT2D eigenvalue weighted by Crippen LogP contribution is -2.57. The number of aromatic amines is 1. The molecule has 0 bridgehead atoms. The van der Waals surface area contributed by atoms with Gasteiger partial charge in [0.2, 0.25) is 11.8 Å². The topological polar surface area (TPSA) is 158 Å². The summed E-state index contributed by atoms with van der Waals surface area (Å²) in [6, 6.07) is 4.07. The maximum atomic E-state index is 12.5. The van der Waals surface area contributed by atoms with Gasteiger partial charge >= 0.3 is 5.97 Å². The summed E-state index contributed by atoms with van der Waals surface area (Å²) in [7, 11) is 0. The van der Waals surface area contributed by atoms with E-state index in [4.69, 9.17) is 5.73 Å². The van der Waals surface area contributed by atoms with Gasteiger partial charge in [0.1, 0.15) is 12.1 Å². The number of para-hydroxylation sites is 1. The van der Waals surface area contributed by atoms with E-state index < -0.39 is 42.5 Å². The zero-order valence-electron chi connectivity index (χ0n) is 16.5. The Kier molecular flexibility index (Phi) is 7.74. The van der Waals surface area contributed by atoms with Crippen LogP contribution in [0.25, 0.3) is 10.9 Å². The zero-order chi connectivity index (χ0) is 21.6. The molecule has 9 nitrogen and oxygen atoms in total. The minimum absolute atomic E-state index is 0.0452. The molecule has 0 saturated heterocycles. The summed E-state index contributed by atoms with van der Waals surface area (Å²) in [5, 5.41) is 24.7. The van der Waals surface area contributed by atoms with E-state index in [9.17, 15) is 24.6 Å². The Labute approximate surface area is 168 Å². The fourth-order valence-corrected chi connectivity index (χ4v) is 2.97. The fraction of sp³-hybridized carbons (Fsp3) is 0.450. The molecule has 0 aliphatic rings. The second-order valence-corrected chi connectivity index (χ2v) is 7.12. The third kappa shape index (κ3) is 5.55. The van der Waals surface area contributed by atoms with Gasteiger partial charge in [-0.1, -0.05) is 38.5 Å². The summed E-state index contributed by atoms with van der Waals surface area (Å²) in [4.78, 5) is 39.4. The van der Waals surface area contributed by atoms with Crippen molar-refractivity contribution in [3.63, 3.8) is 0 Å². The Balaban J connectivity index is 2.07. The van der Waals surface area contributed by atoms with Crippen LogP contribution in [0.5, 0.6) is 0 Å². The van der Waals surface area contributed by atoms with Crippen molar-refractivity contribution in [2.45, 2.75) is 44.8 Å². The molecule has 4 atom stereocenters. The lowest BCUT2D eigenvalue weighted by molar-refractivity contribution is -0.142. The van der Waals surface area contributed by atoms with Crippen LogP contribution in [-0.4, -0.2) is 57.7 Å². The third-order valence-electron chi connectivity index (χ3n) is 5.09. The van der Waals surface area contributed by atoms with Crippen LogP contribution in [0.2, 0.25) is 0 Å². The first-order valence-electron chi connectivity index (χ1n) is 9.53. The van der Waals surface area contributed by atoms with Crippen LogP contribution in [0.4, 0.5) is 0 Å². The minimum atomic E-state index is -1.29. The molecule has 2 amide bonds. The van der Waals surface area contributed by atoms with E-state index in [2.05, 4.69) is 15.6 Å². The van der Waals surface area contributed by atoms with E-state index in [1.54, 1.807) is 13.1 Å². The maximum absolute atomic E-state index is 12.5. The van der Waals surface area contributed by atoms with Gasteiger partial charge in [-0.25, -0.2) is 4.79 Å². The molecule has 1 heterocycles. The highest BCUT2D eigenvalue weighted by Gasteiger charge is 2.29. The molecular weight excluding hydrogens is 376 g/mol. The first-order chi connectivity index (χ1) is 13.8. The molecule has 0 aliphatic heterocycles. The summed E-state index contributed by atoms with van der Waals surface area (Å²) < 4.78 is 0. The van der Waals surface area contributed by atoms with Gasteiger partial charge < -0.3 is 31.6 Å². The van der Waals surface area contributed by atoms with E-state index >= 15 is 0 Å². The maximum Gasteiger partial charge on any atom is 0.326 e. The molecule has 29 heavy (non-hydrogen) atoms. The van der Waals surface area contributed by atoms with Crippen LogP contribution in [0.3, 0.4) is 0 Å². The Bertz CT molecular complexity index is 865. The molecule has 2 rings (SSSR count). The van der Waals surface area contributed by atoms with Crippen molar-refractivity contribution < 1.29 is 24.6 Å². The van der Waals surface area contributed by atoms with Crippen molar-refractivity contribution >= 4 is 28.7 Å². The standard InChI is InChI=1S/C20H28N4O5/c1-3-11(2)17(21)19(27)24-16(10-25)18(26)23-15(20(28)29)8-12-9-22-14-7-5-4-6-13(12)14/h4-7,9,11,15-17,22,25H,3,8,10,21H2,1-2H3,(H,23,26)(H,24,27)(H,28,29). The van der Waals surface area contributed by atoms with Crippen molar-refractivity contribution in [1.82, 2.24) is 15.6 Å². The smallest absolute Gasteiger partial charge is 0.326 e. The highest BCUT2D eigenvalue weighted by Crippen LogP contribution is 2.19. The van der Waals surface area contributed by atoms with Gasteiger partial charge in [0.05, 0.1) is 12.6 Å². The summed E-state index contributed by atoms with van der Waals surface area (Å²) >= 11 is 0. The summed E-state index contributed by atoms with van der Waals surface area (Å²) in [6.45, 7) is 3.01. The number of carbonyl (C=O) groups excluding carboxylic acids is 2. The van der Waals surface area contributed by atoms with Crippen molar-refractivity contribution in [3.8, 4) is 0 Å². The average molecular weight is 404 g/mol. The van der Waals surface area contributed by atoms with Crippen molar-refractivity contribution in [3.05, 3.63) is 36.0 Å². The number of amides is 2. The number of H-pyrrole nitrogens is 1. The normalized spacial score (nSPS) is 15.3. The number of hydrogen-bond acceptors (Lipinski definition) is 5. The van der Waals surface area contributed by atoms with E-state index in [-0.39, 0.29) is 12.3 Å². The molecule has 4 unspecified atom stereocenters. The van der Waals surface area contributed by atoms with Gasteiger partial charge in [-0.15, -0.1) is 0 Å². The second kappa shape index (κ2) is 10.0. The molecule has 1 aromatic carbocycles. The Morgan fingerprint density at radius 2 is 1.79 bits per heavy atom. The molecule has 7 N–H and O–H groups in total. The lowest BCUT2D eigenvalue weighted by atomic mass is 9.99. The third-order valence-corrected chi connectivity index (χ3v) is 5.09. The number of carboxylic acid groups (broad SMARTS) is 1.